The Morgan fingerprint density at radius 2 is 1.85 bits per heavy atom. The van der Waals surface area contributed by atoms with Crippen molar-refractivity contribution in [3.05, 3.63) is 38.7 Å². The van der Waals surface area contributed by atoms with Gasteiger partial charge in [-0.15, -0.1) is 5.10 Å². The highest BCUT2D eigenvalue weighted by atomic mass is 16.2. The fourth-order valence-corrected chi connectivity index (χ4v) is 4.02. The van der Waals surface area contributed by atoms with Crippen molar-refractivity contribution in [1.82, 2.24) is 34.0 Å². The smallest absolute Gasteiger partial charge is 0.332 e. The molecule has 1 amide bonds. The van der Waals surface area contributed by atoms with E-state index in [4.69, 9.17) is 0 Å². The minimum atomic E-state index is -0.570. The number of hydrogen-bond acceptors (Lipinski definition) is 6. The van der Waals surface area contributed by atoms with Gasteiger partial charge in [0.15, 0.2) is 0 Å². The summed E-state index contributed by atoms with van der Waals surface area (Å²) in [5.74, 6) is 0.699. The van der Waals surface area contributed by atoms with Crippen LogP contribution in [0.4, 0.5) is 0 Å². The fraction of sp³-hybridized carbons (Fsp3) is 0.647. The molecule has 4 rings (SSSR count). The molecule has 2 aliphatic rings. The minimum Gasteiger partial charge on any atom is -0.336 e. The van der Waals surface area contributed by atoms with Gasteiger partial charge in [-0.05, 0) is 32.1 Å². The summed E-state index contributed by atoms with van der Waals surface area (Å²) >= 11 is 0. The summed E-state index contributed by atoms with van der Waals surface area (Å²) in [6.45, 7) is 5.32. The number of aromatic nitrogens is 6. The first-order chi connectivity index (χ1) is 12.8. The van der Waals surface area contributed by atoms with E-state index < -0.39 is 11.1 Å². The van der Waals surface area contributed by atoms with Crippen molar-refractivity contribution in [3.63, 3.8) is 0 Å². The monoisotopic (exact) mass is 373 g/mol. The number of likely N-dealkylation sites (tertiary alicyclic amines) is 1. The molecule has 2 aromatic rings. The Balaban J connectivity index is 1.52. The third-order valence-electron chi connectivity index (χ3n) is 5.59. The average Bonchev–Trinajstić information content (AvgIpc) is 3.22. The molecule has 0 radical (unpaired) electrons. The molecule has 0 atom stereocenters. The van der Waals surface area contributed by atoms with Crippen molar-refractivity contribution in [2.45, 2.75) is 45.7 Å². The molecule has 0 saturated carbocycles. The van der Waals surface area contributed by atoms with Gasteiger partial charge < -0.3 is 4.90 Å². The Labute approximate surface area is 155 Å². The van der Waals surface area contributed by atoms with E-state index in [0.717, 1.165) is 12.8 Å². The van der Waals surface area contributed by atoms with Gasteiger partial charge in [0.2, 0.25) is 5.82 Å². The zero-order valence-electron chi connectivity index (χ0n) is 15.8. The van der Waals surface area contributed by atoms with Crippen molar-refractivity contribution >= 4 is 5.91 Å². The van der Waals surface area contributed by atoms with Crippen LogP contribution < -0.4 is 11.1 Å². The third kappa shape index (κ3) is 2.88. The SMILES string of the molecule is CC(C)n1nc2n(c(=O)c1=O)CC1(CCN(C(=O)c3ncn(C)n3)CC1)C2. The molecule has 2 aliphatic heterocycles. The van der Waals surface area contributed by atoms with E-state index in [1.54, 1.807) is 11.9 Å². The zero-order valence-corrected chi connectivity index (χ0v) is 15.8. The summed E-state index contributed by atoms with van der Waals surface area (Å²) in [7, 11) is 1.73. The van der Waals surface area contributed by atoms with Crippen LogP contribution >= 0.6 is 0 Å². The lowest BCUT2D eigenvalue weighted by molar-refractivity contribution is 0.0564. The maximum absolute atomic E-state index is 12.5. The third-order valence-corrected chi connectivity index (χ3v) is 5.59. The van der Waals surface area contributed by atoms with Crippen LogP contribution in [0.5, 0.6) is 0 Å². The van der Waals surface area contributed by atoms with Crippen LogP contribution in [0.25, 0.3) is 0 Å². The van der Waals surface area contributed by atoms with Crippen LogP contribution in [-0.2, 0) is 20.0 Å². The zero-order chi connectivity index (χ0) is 19.3. The molecule has 1 saturated heterocycles. The van der Waals surface area contributed by atoms with Crippen molar-refractivity contribution in [2.75, 3.05) is 13.1 Å². The van der Waals surface area contributed by atoms with Gasteiger partial charge in [0.25, 0.3) is 5.91 Å². The standard InChI is InChI=1S/C17H23N7O3/c1-11(2)24-16(27)15(26)23-9-17(8-12(23)19-24)4-6-22(7-5-17)14(25)13-18-10-21(3)20-13/h10-11H,4-9H2,1-3H3. The number of nitrogens with zero attached hydrogens (tertiary/aromatic N) is 7. The number of carbonyl (C=O) groups is 1. The number of aryl methyl sites for hydroxylation is 1. The Morgan fingerprint density at radius 3 is 2.44 bits per heavy atom. The maximum Gasteiger partial charge on any atom is 0.332 e. The lowest BCUT2D eigenvalue weighted by atomic mass is 9.77. The second-order valence-corrected chi connectivity index (χ2v) is 7.86. The molecule has 10 nitrogen and oxygen atoms in total. The maximum atomic E-state index is 12.5. The molecule has 0 N–H and O–H groups in total. The van der Waals surface area contributed by atoms with E-state index in [-0.39, 0.29) is 23.2 Å². The molecule has 1 spiro atoms. The fourth-order valence-electron chi connectivity index (χ4n) is 4.02. The Kier molecular flexibility index (Phi) is 4.01. The highest BCUT2D eigenvalue weighted by molar-refractivity contribution is 5.90. The van der Waals surface area contributed by atoms with Crippen molar-refractivity contribution < 1.29 is 4.79 Å². The van der Waals surface area contributed by atoms with Gasteiger partial charge in [0.05, 0.1) is 6.04 Å². The molecule has 0 aliphatic carbocycles. The second kappa shape index (κ2) is 6.14. The topological polar surface area (TPSA) is 108 Å². The van der Waals surface area contributed by atoms with Crippen LogP contribution in [0.15, 0.2) is 15.9 Å². The molecule has 4 heterocycles. The van der Waals surface area contributed by atoms with Gasteiger partial charge in [-0.25, -0.2) is 9.67 Å². The van der Waals surface area contributed by atoms with E-state index in [1.807, 2.05) is 13.8 Å². The normalized spacial score (nSPS) is 18.3. The van der Waals surface area contributed by atoms with E-state index in [9.17, 15) is 14.4 Å². The predicted octanol–water partition coefficient (Wildman–Crippen LogP) is -0.407. The molecule has 2 aromatic heterocycles. The molecule has 27 heavy (non-hydrogen) atoms. The molecular formula is C17H23N7O3. The summed E-state index contributed by atoms with van der Waals surface area (Å²) < 4.78 is 4.31. The van der Waals surface area contributed by atoms with E-state index in [1.165, 1.54) is 20.3 Å². The number of carbonyl (C=O) groups excluding carboxylic acids is 1. The quantitative estimate of drug-likeness (QED) is 0.663. The lowest BCUT2D eigenvalue weighted by Gasteiger charge is -2.38. The number of hydrogen-bond donors (Lipinski definition) is 0. The second-order valence-electron chi connectivity index (χ2n) is 7.86. The van der Waals surface area contributed by atoms with Crippen LogP contribution in [-0.4, -0.2) is 53.0 Å². The first-order valence-corrected chi connectivity index (χ1v) is 9.17. The molecule has 144 valence electrons. The highest BCUT2D eigenvalue weighted by Gasteiger charge is 2.43. The van der Waals surface area contributed by atoms with Crippen LogP contribution in [0.1, 0.15) is 49.2 Å². The number of piperidine rings is 1. The van der Waals surface area contributed by atoms with Crippen molar-refractivity contribution in [1.29, 1.82) is 0 Å². The van der Waals surface area contributed by atoms with Gasteiger partial charge in [-0.1, -0.05) is 0 Å². The van der Waals surface area contributed by atoms with Crippen molar-refractivity contribution in [3.8, 4) is 0 Å². The average molecular weight is 373 g/mol. The molecular weight excluding hydrogens is 350 g/mol. The van der Waals surface area contributed by atoms with Gasteiger partial charge in [0.1, 0.15) is 12.2 Å². The Morgan fingerprint density at radius 1 is 1.15 bits per heavy atom. The molecule has 0 unspecified atom stereocenters. The van der Waals surface area contributed by atoms with Gasteiger partial charge in [-0.2, -0.15) is 5.10 Å². The predicted molar refractivity (Wildman–Crippen MR) is 95.4 cm³/mol. The van der Waals surface area contributed by atoms with Gasteiger partial charge in [-0.3, -0.25) is 23.6 Å². The Hall–Kier alpha value is -2.78. The highest BCUT2D eigenvalue weighted by Crippen LogP contribution is 2.40. The van der Waals surface area contributed by atoms with Crippen molar-refractivity contribution in [2.24, 2.45) is 12.5 Å². The molecule has 1 fully saturated rings. The van der Waals surface area contributed by atoms with Crippen LogP contribution in [0.3, 0.4) is 0 Å². The largest absolute Gasteiger partial charge is 0.336 e. The summed E-state index contributed by atoms with van der Waals surface area (Å²) in [5.41, 5.74) is -1.20. The molecule has 0 aromatic carbocycles. The van der Waals surface area contributed by atoms with Gasteiger partial charge in [0, 0.05) is 33.1 Å². The first-order valence-electron chi connectivity index (χ1n) is 9.17. The van der Waals surface area contributed by atoms with E-state index in [0.29, 0.717) is 31.9 Å². The molecule has 0 bridgehead atoms. The summed E-state index contributed by atoms with van der Waals surface area (Å²) in [4.78, 5) is 43.0. The summed E-state index contributed by atoms with van der Waals surface area (Å²) in [6, 6.07) is -0.155. The first kappa shape index (κ1) is 17.6. The van der Waals surface area contributed by atoms with E-state index in [2.05, 4.69) is 15.2 Å². The summed E-state index contributed by atoms with van der Waals surface area (Å²) in [5, 5.41) is 8.51. The summed E-state index contributed by atoms with van der Waals surface area (Å²) in [6.07, 6.45) is 3.67. The van der Waals surface area contributed by atoms with E-state index >= 15 is 0 Å². The Bertz CT molecular complexity index is 1010. The number of amides is 1. The molecule has 10 heteroatoms. The number of rotatable bonds is 2. The number of fused-ring (bicyclic) bond motifs is 1. The minimum absolute atomic E-state index is 0.129. The lowest BCUT2D eigenvalue weighted by Crippen LogP contribution is -2.46. The van der Waals surface area contributed by atoms with Crippen LogP contribution in [0.2, 0.25) is 0 Å². The van der Waals surface area contributed by atoms with Crippen LogP contribution in [0, 0.1) is 5.41 Å². The van der Waals surface area contributed by atoms with Gasteiger partial charge >= 0.3 is 11.1 Å².